The summed E-state index contributed by atoms with van der Waals surface area (Å²) in [6.07, 6.45) is 0. The third kappa shape index (κ3) is 3.70. The van der Waals surface area contributed by atoms with Crippen molar-refractivity contribution in [2.24, 2.45) is 4.40 Å². The van der Waals surface area contributed by atoms with Crippen molar-refractivity contribution in [1.29, 1.82) is 0 Å². The van der Waals surface area contributed by atoms with Crippen molar-refractivity contribution in [2.45, 2.75) is 11.8 Å². The lowest BCUT2D eigenvalue weighted by Gasteiger charge is -2.15. The summed E-state index contributed by atoms with van der Waals surface area (Å²) in [5.74, 6) is 0.413. The van der Waals surface area contributed by atoms with Gasteiger partial charge in [-0.25, -0.2) is 0 Å². The lowest BCUT2D eigenvalue weighted by Crippen LogP contribution is -2.24. The van der Waals surface area contributed by atoms with E-state index in [4.69, 9.17) is 0 Å². The van der Waals surface area contributed by atoms with Crippen LogP contribution < -0.4 is 0 Å². The first-order valence-electron chi connectivity index (χ1n) is 6.54. The summed E-state index contributed by atoms with van der Waals surface area (Å²) >= 11 is 0. The van der Waals surface area contributed by atoms with E-state index in [9.17, 15) is 8.42 Å². The molecule has 0 bridgehead atoms. The monoisotopic (exact) mass is 302 g/mol. The highest BCUT2D eigenvalue weighted by atomic mass is 32.2. The number of aryl methyl sites for hydroxylation is 1. The van der Waals surface area contributed by atoms with Crippen molar-refractivity contribution in [3.63, 3.8) is 0 Å². The van der Waals surface area contributed by atoms with Gasteiger partial charge >= 0.3 is 0 Å². The first kappa shape index (κ1) is 15.3. The molecule has 0 fully saturated rings. The predicted molar refractivity (Wildman–Crippen MR) is 85.0 cm³/mol. The summed E-state index contributed by atoms with van der Waals surface area (Å²) < 4.78 is 28.8. The molecule has 0 atom stereocenters. The van der Waals surface area contributed by atoms with Crippen LogP contribution in [-0.4, -0.2) is 33.2 Å². The van der Waals surface area contributed by atoms with Gasteiger partial charge in [0.1, 0.15) is 5.84 Å². The van der Waals surface area contributed by atoms with Crippen molar-refractivity contribution in [3.05, 3.63) is 65.7 Å². The van der Waals surface area contributed by atoms with Crippen LogP contribution in [-0.2, 0) is 10.0 Å². The molecule has 0 aromatic heterocycles. The molecule has 0 aliphatic carbocycles. The standard InChI is InChI=1S/C16H18N2O2S/c1-13-9-11-15(12-10-13)21(19,20)17-16(18(2)3)14-7-5-4-6-8-14/h4-12H,1-3H3. The zero-order valence-electron chi connectivity index (χ0n) is 12.3. The fourth-order valence-electron chi connectivity index (χ4n) is 1.86. The number of rotatable bonds is 3. The lowest BCUT2D eigenvalue weighted by atomic mass is 10.2. The smallest absolute Gasteiger partial charge is 0.284 e. The van der Waals surface area contributed by atoms with E-state index in [2.05, 4.69) is 4.40 Å². The van der Waals surface area contributed by atoms with Crippen LogP contribution in [0.1, 0.15) is 11.1 Å². The quantitative estimate of drug-likeness (QED) is 0.647. The van der Waals surface area contributed by atoms with Crippen LogP contribution in [0, 0.1) is 6.92 Å². The van der Waals surface area contributed by atoms with Crippen molar-refractivity contribution in [3.8, 4) is 0 Å². The average molecular weight is 302 g/mol. The lowest BCUT2D eigenvalue weighted by molar-refractivity contribution is 0.592. The molecule has 5 heteroatoms. The van der Waals surface area contributed by atoms with Crippen LogP contribution in [0.3, 0.4) is 0 Å². The minimum Gasteiger partial charge on any atom is -0.362 e. The van der Waals surface area contributed by atoms with Gasteiger partial charge in [0.05, 0.1) is 4.90 Å². The molecule has 4 nitrogen and oxygen atoms in total. The molecular formula is C16H18N2O2S. The molecule has 110 valence electrons. The van der Waals surface area contributed by atoms with Crippen LogP contribution in [0.25, 0.3) is 0 Å². The molecule has 0 unspecified atom stereocenters. The average Bonchev–Trinajstić information content (AvgIpc) is 2.46. The zero-order valence-corrected chi connectivity index (χ0v) is 13.1. The topological polar surface area (TPSA) is 49.7 Å². The Labute approximate surface area is 125 Å². The molecule has 0 saturated carbocycles. The maximum absolute atomic E-state index is 12.4. The first-order chi connectivity index (χ1) is 9.90. The molecular weight excluding hydrogens is 284 g/mol. The van der Waals surface area contributed by atoms with Crippen molar-refractivity contribution < 1.29 is 8.42 Å². The summed E-state index contributed by atoms with van der Waals surface area (Å²) in [6.45, 7) is 1.91. The molecule has 0 radical (unpaired) electrons. The molecule has 0 saturated heterocycles. The molecule has 0 amide bonds. The normalized spacial score (nSPS) is 12.2. The van der Waals surface area contributed by atoms with Gasteiger partial charge in [-0.1, -0.05) is 48.0 Å². The van der Waals surface area contributed by atoms with Crippen molar-refractivity contribution in [1.82, 2.24) is 4.90 Å². The van der Waals surface area contributed by atoms with Gasteiger partial charge < -0.3 is 4.90 Å². The van der Waals surface area contributed by atoms with Gasteiger partial charge in [-0.05, 0) is 19.1 Å². The molecule has 0 aliphatic heterocycles. The number of amidine groups is 1. The zero-order chi connectivity index (χ0) is 15.5. The summed E-state index contributed by atoms with van der Waals surface area (Å²) in [7, 11) is -0.175. The first-order valence-corrected chi connectivity index (χ1v) is 7.98. The van der Waals surface area contributed by atoms with Gasteiger partial charge in [-0.15, -0.1) is 4.40 Å². The van der Waals surface area contributed by atoms with Gasteiger partial charge in [-0.2, -0.15) is 8.42 Å². The Kier molecular flexibility index (Phi) is 4.43. The number of hydrogen-bond donors (Lipinski definition) is 0. The van der Waals surface area contributed by atoms with Crippen molar-refractivity contribution >= 4 is 15.9 Å². The second-order valence-corrected chi connectivity index (χ2v) is 6.57. The van der Waals surface area contributed by atoms with E-state index in [1.807, 2.05) is 37.3 Å². The number of sulfonamides is 1. The highest BCUT2D eigenvalue weighted by Crippen LogP contribution is 2.15. The summed E-state index contributed by atoms with van der Waals surface area (Å²) in [6, 6.07) is 15.9. The summed E-state index contributed by atoms with van der Waals surface area (Å²) in [4.78, 5) is 1.89. The molecule has 2 aromatic carbocycles. The van der Waals surface area contributed by atoms with Gasteiger partial charge in [0.25, 0.3) is 10.0 Å². The number of nitrogens with zero attached hydrogens (tertiary/aromatic N) is 2. The number of benzene rings is 2. The molecule has 2 rings (SSSR count). The fraction of sp³-hybridized carbons (Fsp3) is 0.188. The Balaban J connectivity index is 2.49. The largest absolute Gasteiger partial charge is 0.362 e. The Hall–Kier alpha value is -2.14. The van der Waals surface area contributed by atoms with E-state index in [-0.39, 0.29) is 4.90 Å². The van der Waals surface area contributed by atoms with E-state index >= 15 is 0 Å². The SMILES string of the molecule is Cc1ccc(S(=O)(=O)N=C(c2ccccc2)N(C)C)cc1. The van der Waals surface area contributed by atoms with Gasteiger partial charge in [0.2, 0.25) is 0 Å². The minimum absolute atomic E-state index is 0.198. The molecule has 0 N–H and O–H groups in total. The molecule has 0 heterocycles. The molecule has 0 spiro atoms. The molecule has 2 aromatic rings. The molecule has 21 heavy (non-hydrogen) atoms. The Morgan fingerprint density at radius 2 is 1.52 bits per heavy atom. The second kappa shape index (κ2) is 6.10. The van der Waals surface area contributed by atoms with Gasteiger partial charge in [0.15, 0.2) is 0 Å². The highest BCUT2D eigenvalue weighted by Gasteiger charge is 2.16. The van der Waals surface area contributed by atoms with E-state index in [1.165, 1.54) is 0 Å². The van der Waals surface area contributed by atoms with E-state index < -0.39 is 10.0 Å². The van der Waals surface area contributed by atoms with Crippen LogP contribution >= 0.6 is 0 Å². The summed E-state index contributed by atoms with van der Waals surface area (Å²) in [5, 5.41) is 0. The van der Waals surface area contributed by atoms with Crippen LogP contribution in [0.2, 0.25) is 0 Å². The fourth-order valence-corrected chi connectivity index (χ4v) is 2.94. The van der Waals surface area contributed by atoms with E-state index in [1.54, 1.807) is 43.3 Å². The van der Waals surface area contributed by atoms with Crippen LogP contribution in [0.4, 0.5) is 0 Å². The van der Waals surface area contributed by atoms with Crippen LogP contribution in [0.15, 0.2) is 63.9 Å². The van der Waals surface area contributed by atoms with E-state index in [0.717, 1.165) is 11.1 Å². The second-order valence-electron chi connectivity index (χ2n) is 4.96. The Morgan fingerprint density at radius 3 is 2.05 bits per heavy atom. The Morgan fingerprint density at radius 1 is 0.952 bits per heavy atom. The Bertz CT molecular complexity index is 734. The van der Waals surface area contributed by atoms with E-state index in [0.29, 0.717) is 5.84 Å². The summed E-state index contributed by atoms with van der Waals surface area (Å²) in [5.41, 5.74) is 1.77. The van der Waals surface area contributed by atoms with Crippen molar-refractivity contribution in [2.75, 3.05) is 14.1 Å². The highest BCUT2D eigenvalue weighted by molar-refractivity contribution is 7.90. The minimum atomic E-state index is -3.72. The maximum atomic E-state index is 12.4. The predicted octanol–water partition coefficient (Wildman–Crippen LogP) is 2.69. The third-order valence-corrected chi connectivity index (χ3v) is 4.26. The van der Waals surface area contributed by atoms with Gasteiger partial charge in [0, 0.05) is 19.7 Å². The molecule has 0 aliphatic rings. The van der Waals surface area contributed by atoms with Crippen LogP contribution in [0.5, 0.6) is 0 Å². The third-order valence-electron chi connectivity index (χ3n) is 2.98. The maximum Gasteiger partial charge on any atom is 0.284 e. The number of hydrogen-bond acceptors (Lipinski definition) is 2. The van der Waals surface area contributed by atoms with Gasteiger partial charge in [-0.3, -0.25) is 0 Å².